The predicted molar refractivity (Wildman–Crippen MR) is 223 cm³/mol. The van der Waals surface area contributed by atoms with Crippen LogP contribution in [0.1, 0.15) is 64.9 Å². The molecule has 0 spiro atoms. The molecule has 0 bridgehead atoms. The van der Waals surface area contributed by atoms with Crippen LogP contribution in [0, 0.1) is 11.8 Å². The Morgan fingerprint density at radius 1 is 0.787 bits per heavy atom. The van der Waals surface area contributed by atoms with E-state index in [9.17, 15) is 19.2 Å². The smallest absolute Gasteiger partial charge is 0.262 e. The van der Waals surface area contributed by atoms with Crippen LogP contribution < -0.4 is 19.7 Å². The lowest BCUT2D eigenvalue weighted by molar-refractivity contribution is -0.136. The van der Waals surface area contributed by atoms with Gasteiger partial charge < -0.3 is 23.7 Å². The number of imide groups is 2. The summed E-state index contributed by atoms with van der Waals surface area (Å²) in [4.78, 5) is 71.1. The van der Waals surface area contributed by atoms with Crippen LogP contribution >= 0.6 is 0 Å². The minimum Gasteiger partial charge on any atom is -0.481 e. The Hall–Kier alpha value is -7.18. The molecule has 6 aromatic rings. The zero-order valence-electron chi connectivity index (χ0n) is 33.2. The van der Waals surface area contributed by atoms with Crippen molar-refractivity contribution in [1.29, 1.82) is 0 Å². The van der Waals surface area contributed by atoms with E-state index in [4.69, 9.17) is 14.2 Å². The largest absolute Gasteiger partial charge is 0.481 e. The summed E-state index contributed by atoms with van der Waals surface area (Å²) >= 11 is 0. The Morgan fingerprint density at radius 3 is 2.44 bits per heavy atom. The first-order chi connectivity index (χ1) is 29.8. The second kappa shape index (κ2) is 15.8. The third kappa shape index (κ3) is 7.40. The van der Waals surface area contributed by atoms with Gasteiger partial charge in [0.1, 0.15) is 30.2 Å². The van der Waals surface area contributed by atoms with Gasteiger partial charge in [-0.25, -0.2) is 15.0 Å². The number of rotatable bonds is 9. The van der Waals surface area contributed by atoms with E-state index < -0.39 is 29.7 Å². The number of anilines is 1. The molecule has 1 atom stereocenters. The molecule has 4 aliphatic rings. The first-order valence-corrected chi connectivity index (χ1v) is 20.4. The van der Waals surface area contributed by atoms with Gasteiger partial charge in [0.2, 0.25) is 23.6 Å². The highest BCUT2D eigenvalue weighted by Gasteiger charge is 2.44. The highest BCUT2D eigenvalue weighted by molar-refractivity contribution is 6.23. The van der Waals surface area contributed by atoms with E-state index in [0.29, 0.717) is 23.3 Å². The van der Waals surface area contributed by atoms with E-state index >= 15 is 0 Å². The summed E-state index contributed by atoms with van der Waals surface area (Å²) in [5.41, 5.74) is 5.31. The number of ether oxygens (including phenoxy) is 3. The van der Waals surface area contributed by atoms with Crippen molar-refractivity contribution in [2.45, 2.75) is 62.9 Å². The third-order valence-electron chi connectivity index (χ3n) is 11.9. The maximum absolute atomic E-state index is 13.1. The minimum atomic E-state index is -1.03. The number of piperidine rings is 2. The highest BCUT2D eigenvalue weighted by atomic mass is 16.5. The molecular weight excluding hydrogens is 777 g/mol. The van der Waals surface area contributed by atoms with Crippen molar-refractivity contribution >= 4 is 51.4 Å². The molecule has 1 aliphatic carbocycles. The topological polar surface area (TPSA) is 171 Å². The van der Waals surface area contributed by atoms with Gasteiger partial charge in [0.15, 0.2) is 0 Å². The van der Waals surface area contributed by atoms with E-state index in [2.05, 4.69) is 77.9 Å². The van der Waals surface area contributed by atoms with Crippen LogP contribution in [0.25, 0.3) is 32.9 Å². The SMILES string of the molecule is Cn1c2ccncc2c2ccc(-c3ccc(OC4CC(OC5CCN(c6nccc(C#CCOc7ccc8c(c7)C(=O)N(C7CCC(=O)NC7=O)C8=O)n6)CC5)C4)nc3)cc21. The lowest BCUT2D eigenvalue weighted by atomic mass is 9.91. The monoisotopic (exact) mass is 816 g/mol. The summed E-state index contributed by atoms with van der Waals surface area (Å²) in [7, 11) is 2.08. The molecule has 61 heavy (non-hydrogen) atoms. The molecule has 0 radical (unpaired) electrons. The lowest BCUT2D eigenvalue weighted by Crippen LogP contribution is -2.54. The first kappa shape index (κ1) is 38.0. The second-order valence-electron chi connectivity index (χ2n) is 15.7. The van der Waals surface area contributed by atoms with Crippen LogP contribution in [-0.2, 0) is 21.4 Å². The average Bonchev–Trinajstić information content (AvgIpc) is 3.69. The molecule has 3 aliphatic heterocycles. The molecule has 10 rings (SSSR count). The van der Waals surface area contributed by atoms with Crippen LogP contribution in [-0.4, -0.2) is 97.1 Å². The zero-order valence-corrected chi connectivity index (χ0v) is 33.2. The number of carbonyl (C=O) groups excluding carboxylic acids is 4. The number of hydrogen-bond acceptors (Lipinski definition) is 12. The van der Waals surface area contributed by atoms with Gasteiger partial charge >= 0.3 is 0 Å². The molecule has 1 N–H and O–H groups in total. The van der Waals surface area contributed by atoms with Gasteiger partial charge in [0.05, 0.1) is 28.9 Å². The normalized spacial score (nSPS) is 20.3. The summed E-state index contributed by atoms with van der Waals surface area (Å²) in [6, 6.07) is 17.8. The number of hydrogen-bond donors (Lipinski definition) is 1. The predicted octanol–water partition coefficient (Wildman–Crippen LogP) is 5.01. The molecule has 4 amide bonds. The fourth-order valence-corrected chi connectivity index (χ4v) is 8.57. The number of benzene rings is 2. The molecule has 4 aromatic heterocycles. The number of carbonyl (C=O) groups is 4. The van der Waals surface area contributed by atoms with E-state index in [-0.39, 0.29) is 48.9 Å². The van der Waals surface area contributed by atoms with Crippen molar-refractivity contribution in [2.75, 3.05) is 24.6 Å². The molecule has 3 fully saturated rings. The quantitative estimate of drug-likeness (QED) is 0.153. The summed E-state index contributed by atoms with van der Waals surface area (Å²) in [5, 5.41) is 4.53. The van der Waals surface area contributed by atoms with Crippen molar-refractivity contribution in [3.63, 3.8) is 0 Å². The molecule has 1 saturated carbocycles. The summed E-state index contributed by atoms with van der Waals surface area (Å²) in [5.74, 6) is 5.30. The molecule has 15 nitrogen and oxygen atoms in total. The average molecular weight is 817 g/mol. The van der Waals surface area contributed by atoms with Gasteiger partial charge in [-0.05, 0) is 73.2 Å². The van der Waals surface area contributed by atoms with Crippen LogP contribution in [0.4, 0.5) is 5.95 Å². The van der Waals surface area contributed by atoms with Gasteiger partial charge in [-0.2, -0.15) is 0 Å². The van der Waals surface area contributed by atoms with Gasteiger partial charge in [-0.1, -0.05) is 18.1 Å². The Bertz CT molecular complexity index is 2800. The molecular formula is C46H40N8O7. The van der Waals surface area contributed by atoms with Crippen molar-refractivity contribution in [3.8, 4) is 34.6 Å². The Kier molecular flexibility index (Phi) is 9.84. The Balaban J connectivity index is 0.666. The van der Waals surface area contributed by atoms with Crippen LogP contribution in [0.5, 0.6) is 11.6 Å². The Labute approximate surface area is 350 Å². The van der Waals surface area contributed by atoms with Crippen LogP contribution in [0.3, 0.4) is 0 Å². The summed E-state index contributed by atoms with van der Waals surface area (Å²) in [6.07, 6.45) is 11.2. The zero-order chi connectivity index (χ0) is 41.6. The number of amides is 4. The van der Waals surface area contributed by atoms with E-state index in [1.807, 2.05) is 30.7 Å². The number of aryl methyl sites for hydroxylation is 1. The van der Waals surface area contributed by atoms with Gasteiger partial charge in [-0.15, -0.1) is 0 Å². The molecule has 7 heterocycles. The van der Waals surface area contributed by atoms with E-state index in [0.717, 1.165) is 71.2 Å². The minimum absolute atomic E-state index is 0.0122. The van der Waals surface area contributed by atoms with Crippen molar-refractivity contribution in [2.24, 2.45) is 7.05 Å². The summed E-state index contributed by atoms with van der Waals surface area (Å²) in [6.45, 7) is 1.54. The number of aromatic nitrogens is 5. The maximum Gasteiger partial charge on any atom is 0.262 e. The van der Waals surface area contributed by atoms with Crippen molar-refractivity contribution in [3.05, 3.63) is 102 Å². The fraction of sp³-hybridized carbons (Fsp3) is 0.304. The highest BCUT2D eigenvalue weighted by Crippen LogP contribution is 2.34. The van der Waals surface area contributed by atoms with E-state index in [1.165, 1.54) is 17.5 Å². The number of fused-ring (bicyclic) bond motifs is 4. The lowest BCUT2D eigenvalue weighted by Gasteiger charge is -2.39. The van der Waals surface area contributed by atoms with Crippen LogP contribution in [0.15, 0.2) is 85.5 Å². The van der Waals surface area contributed by atoms with Gasteiger partial charge in [0, 0.05) is 92.1 Å². The van der Waals surface area contributed by atoms with Gasteiger partial charge in [-0.3, -0.25) is 34.4 Å². The number of pyridine rings is 2. The van der Waals surface area contributed by atoms with Crippen LogP contribution in [0.2, 0.25) is 0 Å². The van der Waals surface area contributed by atoms with E-state index in [1.54, 1.807) is 18.3 Å². The molecule has 2 aromatic carbocycles. The first-order valence-electron chi connectivity index (χ1n) is 20.4. The number of nitrogens with one attached hydrogen (secondary N) is 1. The Morgan fingerprint density at radius 2 is 1.62 bits per heavy atom. The molecule has 2 saturated heterocycles. The third-order valence-corrected chi connectivity index (χ3v) is 11.9. The van der Waals surface area contributed by atoms with Crippen molar-refractivity contribution < 1.29 is 33.4 Å². The van der Waals surface area contributed by atoms with Crippen molar-refractivity contribution in [1.82, 2.24) is 34.7 Å². The summed E-state index contributed by atoms with van der Waals surface area (Å²) < 4.78 is 20.6. The molecule has 306 valence electrons. The molecule has 15 heteroatoms. The fourth-order valence-electron chi connectivity index (χ4n) is 8.57. The number of nitrogens with zero attached hydrogens (tertiary/aromatic N) is 7. The van der Waals surface area contributed by atoms with Gasteiger partial charge in [0.25, 0.3) is 11.8 Å². The maximum atomic E-state index is 13.1. The molecule has 1 unspecified atom stereocenters. The second-order valence-corrected chi connectivity index (χ2v) is 15.7. The standard InChI is InChI=1S/C46H40N8O7/c1-52-38-13-16-47-26-37(38)34-7-4-27(21-40(34)52)28-5-11-42(49-25-28)61-33-22-32(23-33)60-30-14-18-53(19-15-30)46-48-17-12-29(50-46)3-2-20-59-31-6-8-35-36(24-31)45(58)54(44(35)57)39-9-10-41(55)51-43(39)56/h4-8,11-13,16-17,21,24-26,30,32-33,39H,9-10,14-15,18-20,22-23H2,1H3,(H,51,55,56).